The maximum absolute atomic E-state index is 12.0. The van der Waals surface area contributed by atoms with Gasteiger partial charge in [-0.05, 0) is 33.3 Å². The number of amides is 1. The van der Waals surface area contributed by atoms with Crippen LogP contribution in [0.2, 0.25) is 0 Å². The highest BCUT2D eigenvalue weighted by Gasteiger charge is 2.14. The Hall–Kier alpha value is -2.21. The van der Waals surface area contributed by atoms with E-state index in [1.807, 2.05) is 30.3 Å². The van der Waals surface area contributed by atoms with E-state index in [2.05, 4.69) is 48.1 Å². The third kappa shape index (κ3) is 6.59. The van der Waals surface area contributed by atoms with Crippen LogP contribution in [0.15, 0.2) is 34.9 Å². The highest BCUT2D eigenvalue weighted by molar-refractivity contribution is 5.75. The number of carbonyl (C=O) groups excluding carboxylic acids is 1. The van der Waals surface area contributed by atoms with Crippen LogP contribution in [0.1, 0.15) is 51.4 Å². The molecule has 1 aromatic carbocycles. The summed E-state index contributed by atoms with van der Waals surface area (Å²) in [6, 6.07) is 10.9. The molecule has 6 nitrogen and oxygen atoms in total. The molecule has 2 aromatic rings. The molecular weight excluding hydrogens is 328 g/mol. The summed E-state index contributed by atoms with van der Waals surface area (Å²) in [6.07, 6.45) is 1.46. The van der Waals surface area contributed by atoms with Gasteiger partial charge in [-0.1, -0.05) is 35.5 Å². The number of nitrogens with one attached hydrogen (secondary N) is 1. The highest BCUT2D eigenvalue weighted by Crippen LogP contribution is 2.08. The summed E-state index contributed by atoms with van der Waals surface area (Å²) in [7, 11) is 0. The van der Waals surface area contributed by atoms with E-state index in [4.69, 9.17) is 4.52 Å². The van der Waals surface area contributed by atoms with Gasteiger partial charge in [-0.2, -0.15) is 4.98 Å². The Kier molecular flexibility index (Phi) is 7.78. The van der Waals surface area contributed by atoms with Gasteiger partial charge < -0.3 is 9.84 Å². The first-order valence-electron chi connectivity index (χ1n) is 9.33. The lowest BCUT2D eigenvalue weighted by Crippen LogP contribution is -2.42. The lowest BCUT2D eigenvalue weighted by molar-refractivity contribution is -0.121. The Morgan fingerprint density at radius 3 is 2.50 bits per heavy atom. The van der Waals surface area contributed by atoms with Crippen molar-refractivity contribution in [3.05, 3.63) is 47.6 Å². The van der Waals surface area contributed by atoms with Crippen molar-refractivity contribution in [3.8, 4) is 0 Å². The molecule has 0 spiro atoms. The molecule has 0 unspecified atom stereocenters. The maximum atomic E-state index is 12.0. The topological polar surface area (TPSA) is 71.3 Å². The molecule has 0 bridgehead atoms. The third-order valence-electron chi connectivity index (χ3n) is 4.30. The van der Waals surface area contributed by atoms with Crippen molar-refractivity contribution in [2.75, 3.05) is 13.1 Å². The Morgan fingerprint density at radius 2 is 1.85 bits per heavy atom. The van der Waals surface area contributed by atoms with Gasteiger partial charge in [-0.3, -0.25) is 9.69 Å². The Labute approximate surface area is 156 Å². The van der Waals surface area contributed by atoms with Gasteiger partial charge in [0.1, 0.15) is 0 Å². The van der Waals surface area contributed by atoms with Gasteiger partial charge in [-0.15, -0.1) is 0 Å². The average molecular weight is 358 g/mol. The van der Waals surface area contributed by atoms with Gasteiger partial charge in [0.05, 0.1) is 0 Å². The molecule has 0 aliphatic heterocycles. The first-order valence-corrected chi connectivity index (χ1v) is 9.33. The molecule has 0 radical (unpaired) electrons. The maximum Gasteiger partial charge on any atom is 0.227 e. The SMILES string of the molecule is CC(C)N(CCNC(=O)CCc1nc(Cc2ccccc2)no1)C(C)C. The average Bonchev–Trinajstić information content (AvgIpc) is 3.04. The second-order valence-corrected chi connectivity index (χ2v) is 7.04. The van der Waals surface area contributed by atoms with Crippen molar-refractivity contribution in [1.82, 2.24) is 20.4 Å². The molecule has 142 valence electrons. The van der Waals surface area contributed by atoms with Crippen LogP contribution in [0.5, 0.6) is 0 Å². The highest BCUT2D eigenvalue weighted by atomic mass is 16.5. The van der Waals surface area contributed by atoms with Crippen LogP contribution in [0.3, 0.4) is 0 Å². The standard InChI is InChI=1S/C20H30N4O2/c1-15(2)24(16(3)4)13-12-21-19(25)10-11-20-22-18(23-26-20)14-17-8-6-5-7-9-17/h5-9,15-16H,10-14H2,1-4H3,(H,21,25). The van der Waals surface area contributed by atoms with Crippen molar-refractivity contribution in [3.63, 3.8) is 0 Å². The van der Waals surface area contributed by atoms with Gasteiger partial charge in [0.25, 0.3) is 0 Å². The molecule has 0 aliphatic carbocycles. The molecule has 0 saturated heterocycles. The summed E-state index contributed by atoms with van der Waals surface area (Å²) in [5.74, 6) is 1.17. The molecule has 1 amide bonds. The van der Waals surface area contributed by atoms with Gasteiger partial charge in [0, 0.05) is 44.4 Å². The lowest BCUT2D eigenvalue weighted by Gasteiger charge is -2.30. The molecule has 0 saturated carbocycles. The van der Waals surface area contributed by atoms with Crippen LogP contribution in [-0.2, 0) is 17.6 Å². The summed E-state index contributed by atoms with van der Waals surface area (Å²) in [4.78, 5) is 18.7. The van der Waals surface area contributed by atoms with Crippen LogP contribution in [0.4, 0.5) is 0 Å². The van der Waals surface area contributed by atoms with Crippen LogP contribution < -0.4 is 5.32 Å². The van der Waals surface area contributed by atoms with Crippen LogP contribution in [0.25, 0.3) is 0 Å². The fraction of sp³-hybridized carbons (Fsp3) is 0.550. The zero-order valence-corrected chi connectivity index (χ0v) is 16.2. The van der Waals surface area contributed by atoms with E-state index in [-0.39, 0.29) is 5.91 Å². The summed E-state index contributed by atoms with van der Waals surface area (Å²) in [5.41, 5.74) is 1.14. The molecular formula is C20H30N4O2. The number of benzene rings is 1. The quantitative estimate of drug-likeness (QED) is 0.707. The van der Waals surface area contributed by atoms with E-state index >= 15 is 0 Å². The van der Waals surface area contributed by atoms with Crippen molar-refractivity contribution in [2.24, 2.45) is 0 Å². The Bertz CT molecular complexity index is 659. The largest absolute Gasteiger partial charge is 0.355 e. The second kappa shape index (κ2) is 10.1. The van der Waals surface area contributed by atoms with Crippen LogP contribution >= 0.6 is 0 Å². The molecule has 0 aliphatic rings. The minimum Gasteiger partial charge on any atom is -0.355 e. The van der Waals surface area contributed by atoms with Gasteiger partial charge >= 0.3 is 0 Å². The summed E-state index contributed by atoms with van der Waals surface area (Å²) >= 11 is 0. The first-order chi connectivity index (χ1) is 12.5. The van der Waals surface area contributed by atoms with Crippen molar-refractivity contribution < 1.29 is 9.32 Å². The third-order valence-corrected chi connectivity index (χ3v) is 4.30. The number of aromatic nitrogens is 2. The summed E-state index contributed by atoms with van der Waals surface area (Å²) in [5, 5.41) is 6.96. The van der Waals surface area contributed by atoms with E-state index in [0.717, 1.165) is 12.1 Å². The van der Waals surface area contributed by atoms with E-state index in [1.165, 1.54) is 0 Å². The molecule has 0 atom stereocenters. The van der Waals surface area contributed by atoms with Gasteiger partial charge in [0.15, 0.2) is 5.82 Å². The summed E-state index contributed by atoms with van der Waals surface area (Å²) in [6.45, 7) is 10.2. The summed E-state index contributed by atoms with van der Waals surface area (Å²) < 4.78 is 5.24. The number of rotatable bonds is 10. The van der Waals surface area contributed by atoms with E-state index in [9.17, 15) is 4.79 Å². The molecule has 1 aromatic heterocycles. The minimum absolute atomic E-state index is 0.0141. The fourth-order valence-electron chi connectivity index (χ4n) is 2.99. The fourth-order valence-corrected chi connectivity index (χ4v) is 2.99. The van der Waals surface area contributed by atoms with Crippen LogP contribution in [0, 0.1) is 0 Å². The van der Waals surface area contributed by atoms with Gasteiger partial charge in [0.2, 0.25) is 11.8 Å². The van der Waals surface area contributed by atoms with E-state index < -0.39 is 0 Å². The smallest absolute Gasteiger partial charge is 0.227 e. The molecule has 26 heavy (non-hydrogen) atoms. The zero-order valence-electron chi connectivity index (χ0n) is 16.2. The molecule has 0 fully saturated rings. The molecule has 1 heterocycles. The van der Waals surface area contributed by atoms with Crippen LogP contribution in [-0.4, -0.2) is 46.1 Å². The number of carbonyl (C=O) groups is 1. The van der Waals surface area contributed by atoms with Crippen molar-refractivity contribution >= 4 is 5.91 Å². The number of hydrogen-bond acceptors (Lipinski definition) is 5. The van der Waals surface area contributed by atoms with Gasteiger partial charge in [-0.25, -0.2) is 0 Å². The first kappa shape index (κ1) is 20.1. The number of hydrogen-bond donors (Lipinski definition) is 1. The predicted octanol–water partition coefficient (Wildman–Crippen LogP) is 2.83. The second-order valence-electron chi connectivity index (χ2n) is 7.04. The zero-order chi connectivity index (χ0) is 18.9. The number of aryl methyl sites for hydroxylation is 1. The van der Waals surface area contributed by atoms with Crippen molar-refractivity contribution in [2.45, 2.75) is 59.0 Å². The predicted molar refractivity (Wildman–Crippen MR) is 102 cm³/mol. The van der Waals surface area contributed by atoms with E-state index in [0.29, 0.717) is 49.6 Å². The Morgan fingerprint density at radius 1 is 1.15 bits per heavy atom. The molecule has 2 rings (SSSR count). The molecule has 1 N–H and O–H groups in total. The number of nitrogens with zero attached hydrogens (tertiary/aromatic N) is 3. The van der Waals surface area contributed by atoms with E-state index in [1.54, 1.807) is 0 Å². The normalized spacial score (nSPS) is 11.5. The van der Waals surface area contributed by atoms with Crippen molar-refractivity contribution in [1.29, 1.82) is 0 Å². The minimum atomic E-state index is 0.0141. The molecule has 6 heteroatoms. The lowest BCUT2D eigenvalue weighted by atomic mass is 10.1. The monoisotopic (exact) mass is 358 g/mol. The Balaban J connectivity index is 1.71.